The number of ether oxygens (including phenoxy) is 1. The quantitative estimate of drug-likeness (QED) is 0.209. The molecule has 2 heterocycles. The van der Waals surface area contributed by atoms with Crippen molar-refractivity contribution in [1.29, 1.82) is 0 Å². The Balaban J connectivity index is 1.50. The number of ketones is 1. The van der Waals surface area contributed by atoms with E-state index in [4.69, 9.17) is 20.8 Å². The van der Waals surface area contributed by atoms with Crippen LogP contribution in [0, 0.1) is 5.82 Å². The number of esters is 1. The number of carbonyl (C=O) groups is 4. The van der Waals surface area contributed by atoms with Crippen LogP contribution in [0.2, 0.25) is 5.02 Å². The highest BCUT2D eigenvalue weighted by atomic mass is 35.5. The Kier molecular flexibility index (Phi) is 7.73. The number of amides is 2. The molecule has 2 amide bonds. The lowest BCUT2D eigenvalue weighted by Gasteiger charge is -2.21. The van der Waals surface area contributed by atoms with E-state index in [9.17, 15) is 23.6 Å². The van der Waals surface area contributed by atoms with Gasteiger partial charge in [-0.15, -0.1) is 0 Å². The van der Waals surface area contributed by atoms with Crippen LogP contribution in [0.4, 0.5) is 15.8 Å². The van der Waals surface area contributed by atoms with E-state index >= 15 is 0 Å². The van der Waals surface area contributed by atoms with Gasteiger partial charge in [-0.25, -0.2) is 9.18 Å². The zero-order valence-electron chi connectivity index (χ0n) is 20.2. The summed E-state index contributed by atoms with van der Waals surface area (Å²) in [6.07, 6.45) is 1.42. The second-order valence-corrected chi connectivity index (χ2v) is 8.51. The van der Waals surface area contributed by atoms with Gasteiger partial charge in [0, 0.05) is 28.2 Å². The molecule has 1 aliphatic rings. The molecule has 0 aliphatic carbocycles. The average molecular weight is 538 g/mol. The lowest BCUT2D eigenvalue weighted by atomic mass is 10.1. The largest absolute Gasteiger partial charge is 0.465 e. The SMILES string of the molecule is COC(=O)C1=C(C)N(c2ccc(F)cc2)/C(=C/c2ccc(CNC(=O)C(=O)Nc3cccc(Cl)c3)o2)C1=O. The minimum atomic E-state index is -0.891. The van der Waals surface area contributed by atoms with Gasteiger partial charge < -0.3 is 24.7 Å². The monoisotopic (exact) mass is 537 g/mol. The van der Waals surface area contributed by atoms with Gasteiger partial charge in [0.05, 0.1) is 19.4 Å². The van der Waals surface area contributed by atoms with Crippen molar-refractivity contribution >= 4 is 52.6 Å². The molecule has 0 fully saturated rings. The number of Topliss-reactive ketones (excluding diaryl/α,β-unsaturated/α-hetero) is 1. The summed E-state index contributed by atoms with van der Waals surface area (Å²) in [7, 11) is 1.17. The number of halogens is 2. The molecule has 1 aromatic heterocycles. The van der Waals surface area contributed by atoms with Crippen molar-refractivity contribution in [2.75, 3.05) is 17.3 Å². The molecule has 0 bridgehead atoms. The van der Waals surface area contributed by atoms with Crippen LogP contribution in [-0.2, 0) is 30.5 Å². The lowest BCUT2D eigenvalue weighted by molar-refractivity contribution is -0.137. The molecule has 0 atom stereocenters. The predicted octanol–water partition coefficient (Wildman–Crippen LogP) is 4.20. The van der Waals surface area contributed by atoms with Gasteiger partial charge in [0.1, 0.15) is 22.9 Å². The summed E-state index contributed by atoms with van der Waals surface area (Å²) in [6, 6.07) is 14.9. The maximum Gasteiger partial charge on any atom is 0.343 e. The smallest absolute Gasteiger partial charge is 0.343 e. The summed E-state index contributed by atoms with van der Waals surface area (Å²) in [4.78, 5) is 51.2. The van der Waals surface area contributed by atoms with Gasteiger partial charge in [0.25, 0.3) is 0 Å². The van der Waals surface area contributed by atoms with Crippen molar-refractivity contribution in [3.63, 3.8) is 0 Å². The number of benzene rings is 2. The number of rotatable bonds is 6. The molecule has 1 aliphatic heterocycles. The number of nitrogens with zero attached hydrogens (tertiary/aromatic N) is 1. The van der Waals surface area contributed by atoms with E-state index in [0.717, 1.165) is 0 Å². The summed E-state index contributed by atoms with van der Waals surface area (Å²) in [5, 5.41) is 5.29. The molecular weight excluding hydrogens is 517 g/mol. The third-order valence-corrected chi connectivity index (χ3v) is 5.78. The molecule has 194 valence electrons. The van der Waals surface area contributed by atoms with Gasteiger partial charge >= 0.3 is 17.8 Å². The molecule has 3 aromatic rings. The Hall–Kier alpha value is -4.70. The highest BCUT2D eigenvalue weighted by Crippen LogP contribution is 2.35. The maximum absolute atomic E-state index is 13.5. The van der Waals surface area contributed by atoms with Crippen LogP contribution in [0.15, 0.2) is 82.0 Å². The van der Waals surface area contributed by atoms with Crippen LogP contribution in [0.25, 0.3) is 6.08 Å². The molecule has 0 saturated carbocycles. The number of methoxy groups -OCH3 is 1. The number of anilines is 2. The summed E-state index contributed by atoms with van der Waals surface area (Å²) >= 11 is 5.88. The number of hydrogen-bond acceptors (Lipinski definition) is 7. The van der Waals surface area contributed by atoms with Gasteiger partial charge in [-0.05, 0) is 61.5 Å². The zero-order chi connectivity index (χ0) is 27.4. The van der Waals surface area contributed by atoms with E-state index in [-0.39, 0.29) is 23.6 Å². The van der Waals surface area contributed by atoms with Gasteiger partial charge in [-0.2, -0.15) is 0 Å². The third kappa shape index (κ3) is 5.65. The first-order valence-corrected chi connectivity index (χ1v) is 11.6. The van der Waals surface area contributed by atoms with Crippen molar-refractivity contribution in [2.24, 2.45) is 0 Å². The van der Waals surface area contributed by atoms with Crippen molar-refractivity contribution < 1.29 is 32.7 Å². The van der Waals surface area contributed by atoms with Gasteiger partial charge in [0.15, 0.2) is 0 Å². The number of carbonyl (C=O) groups excluding carboxylic acids is 4. The van der Waals surface area contributed by atoms with E-state index in [0.29, 0.717) is 27.9 Å². The van der Waals surface area contributed by atoms with Crippen molar-refractivity contribution in [3.8, 4) is 0 Å². The van der Waals surface area contributed by atoms with Gasteiger partial charge in [0.2, 0.25) is 5.78 Å². The summed E-state index contributed by atoms with van der Waals surface area (Å²) in [6.45, 7) is 1.47. The first-order valence-electron chi connectivity index (χ1n) is 11.2. The fourth-order valence-electron chi connectivity index (χ4n) is 3.79. The van der Waals surface area contributed by atoms with Crippen LogP contribution in [-0.4, -0.2) is 30.7 Å². The molecule has 38 heavy (non-hydrogen) atoms. The Morgan fingerprint density at radius 2 is 1.82 bits per heavy atom. The first kappa shape index (κ1) is 26.4. The van der Waals surface area contributed by atoms with E-state index in [1.807, 2.05) is 0 Å². The number of hydrogen-bond donors (Lipinski definition) is 2. The van der Waals surface area contributed by atoms with Crippen LogP contribution in [0.3, 0.4) is 0 Å². The lowest BCUT2D eigenvalue weighted by Crippen LogP contribution is -2.34. The van der Waals surface area contributed by atoms with Crippen LogP contribution in [0.1, 0.15) is 18.4 Å². The molecule has 0 saturated heterocycles. The predicted molar refractivity (Wildman–Crippen MR) is 137 cm³/mol. The van der Waals surface area contributed by atoms with E-state index in [1.54, 1.807) is 37.3 Å². The molecule has 0 spiro atoms. The summed E-state index contributed by atoms with van der Waals surface area (Å²) in [5.41, 5.74) is 1.05. The molecule has 0 radical (unpaired) electrons. The second-order valence-electron chi connectivity index (χ2n) is 8.07. The topological polar surface area (TPSA) is 118 Å². The molecule has 11 heteroatoms. The Morgan fingerprint density at radius 1 is 1.08 bits per heavy atom. The van der Waals surface area contributed by atoms with Crippen molar-refractivity contribution in [3.05, 3.63) is 100.0 Å². The molecule has 4 rings (SSSR count). The molecule has 2 aromatic carbocycles. The average Bonchev–Trinajstić information content (AvgIpc) is 3.44. The summed E-state index contributed by atoms with van der Waals surface area (Å²) in [5.74, 6) is -3.09. The van der Waals surface area contributed by atoms with E-state index in [2.05, 4.69) is 10.6 Å². The molecular formula is C27H21ClFN3O6. The molecule has 2 N–H and O–H groups in total. The number of allylic oxidation sites excluding steroid dienone is 2. The minimum absolute atomic E-state index is 0.0837. The molecule has 0 unspecified atom stereocenters. The number of nitrogens with one attached hydrogen (secondary N) is 2. The fourth-order valence-corrected chi connectivity index (χ4v) is 3.98. The van der Waals surface area contributed by atoms with E-state index < -0.39 is 29.4 Å². The highest BCUT2D eigenvalue weighted by Gasteiger charge is 2.38. The Bertz CT molecular complexity index is 1490. The second kappa shape index (κ2) is 11.1. The normalized spacial score (nSPS) is 14.2. The van der Waals surface area contributed by atoms with Crippen LogP contribution >= 0.6 is 11.6 Å². The van der Waals surface area contributed by atoms with Crippen molar-refractivity contribution in [2.45, 2.75) is 13.5 Å². The van der Waals surface area contributed by atoms with Crippen molar-refractivity contribution in [1.82, 2.24) is 5.32 Å². The van der Waals surface area contributed by atoms with Gasteiger partial charge in [-0.3, -0.25) is 14.4 Å². The fraction of sp³-hybridized carbons (Fsp3) is 0.111. The Morgan fingerprint density at radius 3 is 2.50 bits per heavy atom. The Labute approximate surface area is 221 Å². The minimum Gasteiger partial charge on any atom is -0.465 e. The van der Waals surface area contributed by atoms with E-state index in [1.165, 1.54) is 48.4 Å². The zero-order valence-corrected chi connectivity index (χ0v) is 21.0. The molecule has 9 nitrogen and oxygen atoms in total. The first-order chi connectivity index (χ1) is 18.2. The van der Waals surface area contributed by atoms with Crippen LogP contribution in [0.5, 0.6) is 0 Å². The standard InChI is InChI=1S/C27H21ClFN3O6/c1-15-23(27(36)37-2)24(33)22(32(15)19-8-6-17(29)7-9-19)13-20-10-11-21(38-20)14-30-25(34)26(35)31-18-5-3-4-16(28)12-18/h3-13H,14H2,1-2H3,(H,30,34)(H,31,35)/b22-13+. The maximum atomic E-state index is 13.5. The summed E-state index contributed by atoms with van der Waals surface area (Å²) < 4.78 is 24.0. The van der Waals surface area contributed by atoms with Crippen LogP contribution < -0.4 is 15.5 Å². The van der Waals surface area contributed by atoms with Gasteiger partial charge in [-0.1, -0.05) is 17.7 Å². The third-order valence-electron chi connectivity index (χ3n) is 5.55. The highest BCUT2D eigenvalue weighted by molar-refractivity contribution is 6.39. The number of furan rings is 1.